The van der Waals surface area contributed by atoms with Gasteiger partial charge in [-0.1, -0.05) is 6.07 Å². The Bertz CT molecular complexity index is 733. The first-order valence-electron chi connectivity index (χ1n) is 6.60. The third kappa shape index (κ3) is 2.50. The van der Waals surface area contributed by atoms with Crippen LogP contribution in [0.1, 0.15) is 0 Å². The molecule has 0 spiro atoms. The van der Waals surface area contributed by atoms with Gasteiger partial charge in [0.25, 0.3) is 0 Å². The molecule has 0 radical (unpaired) electrons. The first kappa shape index (κ1) is 13.3. The van der Waals surface area contributed by atoms with Crippen LogP contribution in [0, 0.1) is 5.82 Å². The summed E-state index contributed by atoms with van der Waals surface area (Å²) in [7, 11) is 3.86. The van der Waals surface area contributed by atoms with Gasteiger partial charge in [0.2, 0.25) is 0 Å². The van der Waals surface area contributed by atoms with Crippen molar-refractivity contribution in [3.63, 3.8) is 0 Å². The highest BCUT2D eigenvalue weighted by Gasteiger charge is 2.18. The summed E-state index contributed by atoms with van der Waals surface area (Å²) in [5, 5.41) is 7.39. The van der Waals surface area contributed by atoms with Crippen molar-refractivity contribution in [2.45, 2.75) is 0 Å². The molecule has 2 aromatic heterocycles. The van der Waals surface area contributed by atoms with Crippen molar-refractivity contribution in [3.05, 3.63) is 54.5 Å². The fourth-order valence-electron chi connectivity index (χ4n) is 2.23. The maximum Gasteiger partial charge on any atom is 0.160 e. The maximum atomic E-state index is 13.1. The summed E-state index contributed by atoms with van der Waals surface area (Å²) in [5.41, 5.74) is 3.44. The third-order valence-corrected chi connectivity index (χ3v) is 3.22. The van der Waals surface area contributed by atoms with Crippen molar-refractivity contribution >= 4 is 5.82 Å². The molecule has 0 atom stereocenters. The molecular weight excluding hydrogens is 267 g/mol. The maximum absolute atomic E-state index is 13.1. The van der Waals surface area contributed by atoms with Crippen LogP contribution < -0.4 is 4.90 Å². The summed E-state index contributed by atoms with van der Waals surface area (Å²) in [6.07, 6.45) is 1.75. The van der Waals surface area contributed by atoms with E-state index in [2.05, 4.69) is 15.2 Å². The van der Waals surface area contributed by atoms with Crippen molar-refractivity contribution in [2.24, 2.45) is 0 Å². The molecule has 3 aromatic rings. The van der Waals surface area contributed by atoms with E-state index in [9.17, 15) is 4.39 Å². The predicted octanol–water partition coefficient (Wildman–Crippen LogP) is 3.34. The minimum absolute atomic E-state index is 0.259. The molecule has 0 aliphatic rings. The van der Waals surface area contributed by atoms with E-state index in [0.29, 0.717) is 0 Å². The van der Waals surface area contributed by atoms with Gasteiger partial charge in [0.1, 0.15) is 5.82 Å². The molecule has 0 saturated heterocycles. The Kier molecular flexibility index (Phi) is 3.39. The number of halogens is 1. The number of nitrogens with one attached hydrogen (secondary N) is 1. The summed E-state index contributed by atoms with van der Waals surface area (Å²) in [5.74, 6) is 0.540. The number of hydrogen-bond donors (Lipinski definition) is 1. The highest BCUT2D eigenvalue weighted by molar-refractivity contribution is 5.87. The molecule has 0 saturated carbocycles. The van der Waals surface area contributed by atoms with Gasteiger partial charge in [-0.25, -0.2) is 4.39 Å². The first-order chi connectivity index (χ1) is 10.2. The van der Waals surface area contributed by atoms with Crippen molar-refractivity contribution in [1.29, 1.82) is 0 Å². The van der Waals surface area contributed by atoms with Gasteiger partial charge in [-0.2, -0.15) is 5.10 Å². The molecule has 5 heteroatoms. The van der Waals surface area contributed by atoms with Crippen molar-refractivity contribution in [1.82, 2.24) is 15.2 Å². The van der Waals surface area contributed by atoms with Crippen molar-refractivity contribution in [3.8, 4) is 22.5 Å². The van der Waals surface area contributed by atoms with E-state index < -0.39 is 0 Å². The Hall–Kier alpha value is -2.69. The van der Waals surface area contributed by atoms with Crippen LogP contribution in [-0.2, 0) is 0 Å². The molecule has 0 aliphatic heterocycles. The number of benzene rings is 1. The summed E-state index contributed by atoms with van der Waals surface area (Å²) < 4.78 is 13.1. The lowest BCUT2D eigenvalue weighted by Crippen LogP contribution is -2.10. The average molecular weight is 282 g/mol. The minimum atomic E-state index is -0.259. The normalized spacial score (nSPS) is 10.6. The first-order valence-corrected chi connectivity index (χ1v) is 6.60. The standard InChI is InChI=1S/C16H15FN4/c1-21(2)16-14(13-5-3-4-10-18-13)15(19-20-16)11-6-8-12(17)9-7-11/h3-10H,1-2H3,(H,19,20). The lowest BCUT2D eigenvalue weighted by molar-refractivity contribution is 0.628. The van der Waals surface area contributed by atoms with Gasteiger partial charge in [0.05, 0.1) is 17.0 Å². The fourth-order valence-corrected chi connectivity index (χ4v) is 2.23. The zero-order chi connectivity index (χ0) is 14.8. The second-order valence-corrected chi connectivity index (χ2v) is 4.91. The Labute approximate surface area is 122 Å². The molecule has 3 rings (SSSR count). The van der Waals surface area contributed by atoms with Gasteiger partial charge in [-0.05, 0) is 36.4 Å². The molecule has 0 bridgehead atoms. The molecular formula is C16H15FN4. The number of anilines is 1. The van der Waals surface area contributed by atoms with E-state index >= 15 is 0 Å². The molecule has 4 nitrogen and oxygen atoms in total. The predicted molar refractivity (Wildman–Crippen MR) is 81.5 cm³/mol. The monoisotopic (exact) mass is 282 g/mol. The summed E-state index contributed by atoms with van der Waals surface area (Å²) in [6, 6.07) is 12.1. The molecule has 0 amide bonds. The van der Waals surface area contributed by atoms with Crippen LogP contribution in [0.4, 0.5) is 10.2 Å². The van der Waals surface area contributed by atoms with Crippen LogP contribution in [0.2, 0.25) is 0 Å². The Morgan fingerprint density at radius 3 is 2.43 bits per heavy atom. The number of aromatic nitrogens is 3. The summed E-state index contributed by atoms with van der Waals surface area (Å²) >= 11 is 0. The molecule has 2 heterocycles. The highest BCUT2D eigenvalue weighted by Crippen LogP contribution is 2.35. The van der Waals surface area contributed by atoms with Crippen LogP contribution in [0.25, 0.3) is 22.5 Å². The van der Waals surface area contributed by atoms with Crippen molar-refractivity contribution in [2.75, 3.05) is 19.0 Å². The molecule has 106 valence electrons. The summed E-state index contributed by atoms with van der Waals surface area (Å²) in [6.45, 7) is 0. The van der Waals surface area contributed by atoms with E-state index in [-0.39, 0.29) is 5.82 Å². The highest BCUT2D eigenvalue weighted by atomic mass is 19.1. The van der Waals surface area contributed by atoms with Crippen LogP contribution in [0.3, 0.4) is 0 Å². The minimum Gasteiger partial charge on any atom is -0.361 e. The SMILES string of the molecule is CN(C)c1n[nH]c(-c2ccc(F)cc2)c1-c1ccccn1. The molecule has 0 aliphatic carbocycles. The van der Waals surface area contributed by atoms with Crippen LogP contribution in [-0.4, -0.2) is 29.3 Å². The number of nitrogens with zero attached hydrogens (tertiary/aromatic N) is 3. The zero-order valence-electron chi connectivity index (χ0n) is 11.8. The van der Waals surface area contributed by atoms with E-state index in [1.54, 1.807) is 18.3 Å². The lowest BCUT2D eigenvalue weighted by Gasteiger charge is -2.12. The lowest BCUT2D eigenvalue weighted by atomic mass is 10.0. The van der Waals surface area contributed by atoms with E-state index in [1.807, 2.05) is 37.2 Å². The number of H-pyrrole nitrogens is 1. The molecule has 0 unspecified atom stereocenters. The number of pyridine rings is 1. The molecule has 1 N–H and O–H groups in total. The van der Waals surface area contributed by atoms with Gasteiger partial charge >= 0.3 is 0 Å². The quantitative estimate of drug-likeness (QED) is 0.801. The Balaban J connectivity index is 2.20. The van der Waals surface area contributed by atoms with E-state index in [4.69, 9.17) is 0 Å². The van der Waals surface area contributed by atoms with E-state index in [1.165, 1.54) is 12.1 Å². The van der Waals surface area contributed by atoms with Gasteiger partial charge in [-0.3, -0.25) is 10.1 Å². The smallest absolute Gasteiger partial charge is 0.160 e. The molecule has 0 fully saturated rings. The Morgan fingerprint density at radius 2 is 1.81 bits per heavy atom. The van der Waals surface area contributed by atoms with Gasteiger partial charge in [0.15, 0.2) is 5.82 Å². The number of rotatable bonds is 3. The molecule has 1 aromatic carbocycles. The van der Waals surface area contributed by atoms with E-state index in [0.717, 1.165) is 28.3 Å². The zero-order valence-corrected chi connectivity index (χ0v) is 11.8. The fraction of sp³-hybridized carbons (Fsp3) is 0.125. The van der Waals surface area contributed by atoms with Gasteiger partial charge in [0, 0.05) is 25.9 Å². The van der Waals surface area contributed by atoms with Gasteiger partial charge in [-0.15, -0.1) is 0 Å². The van der Waals surface area contributed by atoms with Crippen LogP contribution in [0.15, 0.2) is 48.7 Å². The Morgan fingerprint density at radius 1 is 1.05 bits per heavy atom. The number of aromatic amines is 1. The van der Waals surface area contributed by atoms with Gasteiger partial charge < -0.3 is 4.90 Å². The van der Waals surface area contributed by atoms with Crippen LogP contribution in [0.5, 0.6) is 0 Å². The number of hydrogen-bond acceptors (Lipinski definition) is 3. The topological polar surface area (TPSA) is 44.8 Å². The van der Waals surface area contributed by atoms with Crippen LogP contribution >= 0.6 is 0 Å². The third-order valence-electron chi connectivity index (χ3n) is 3.22. The summed E-state index contributed by atoms with van der Waals surface area (Å²) in [4.78, 5) is 6.33. The molecule has 21 heavy (non-hydrogen) atoms. The second kappa shape index (κ2) is 5.36. The second-order valence-electron chi connectivity index (χ2n) is 4.91. The van der Waals surface area contributed by atoms with Crippen molar-refractivity contribution < 1.29 is 4.39 Å². The average Bonchev–Trinajstić information content (AvgIpc) is 2.94. The largest absolute Gasteiger partial charge is 0.361 e.